The van der Waals surface area contributed by atoms with Gasteiger partial charge in [0, 0.05) is 23.9 Å². The van der Waals surface area contributed by atoms with E-state index in [4.69, 9.17) is 9.15 Å². The second-order valence-electron chi connectivity index (χ2n) is 4.89. The molecule has 0 radical (unpaired) electrons. The Balaban J connectivity index is 1.66. The first-order valence-corrected chi connectivity index (χ1v) is 7.06. The van der Waals surface area contributed by atoms with E-state index < -0.39 is 0 Å². The fourth-order valence-corrected chi connectivity index (χ4v) is 2.18. The predicted molar refractivity (Wildman–Crippen MR) is 81.1 cm³/mol. The molecule has 0 saturated heterocycles. The van der Waals surface area contributed by atoms with E-state index in [0.717, 1.165) is 34.9 Å². The van der Waals surface area contributed by atoms with Crippen LogP contribution in [0.4, 0.5) is 0 Å². The molecule has 0 N–H and O–H groups in total. The van der Waals surface area contributed by atoms with Crippen molar-refractivity contribution >= 4 is 0 Å². The molecule has 4 nitrogen and oxygen atoms in total. The predicted octanol–water partition coefficient (Wildman–Crippen LogP) is 4.05. The number of aryl methyl sites for hydroxylation is 2. The Kier molecular flexibility index (Phi) is 3.77. The van der Waals surface area contributed by atoms with E-state index in [1.807, 2.05) is 54.2 Å². The summed E-state index contributed by atoms with van der Waals surface area (Å²) in [4.78, 5) is 0. The molecular weight excluding hydrogens is 264 g/mol. The highest BCUT2D eigenvalue weighted by Crippen LogP contribution is 2.23. The molecule has 0 unspecified atom stereocenters. The van der Waals surface area contributed by atoms with E-state index in [1.54, 1.807) is 6.26 Å². The summed E-state index contributed by atoms with van der Waals surface area (Å²) < 4.78 is 13.1. The molecule has 0 aliphatic carbocycles. The number of aromatic nitrogens is 2. The zero-order valence-corrected chi connectivity index (χ0v) is 12.2. The van der Waals surface area contributed by atoms with Crippen LogP contribution < -0.4 is 4.74 Å². The molecule has 0 aliphatic rings. The Morgan fingerprint density at radius 1 is 1.19 bits per heavy atom. The van der Waals surface area contributed by atoms with Crippen molar-refractivity contribution in [2.75, 3.05) is 0 Å². The molecule has 0 fully saturated rings. The Labute approximate surface area is 124 Å². The second kappa shape index (κ2) is 5.87. The maximum absolute atomic E-state index is 5.82. The third-order valence-corrected chi connectivity index (χ3v) is 3.43. The molecule has 0 amide bonds. The molecule has 3 rings (SSSR count). The molecule has 1 aromatic carbocycles. The standard InChI is InChI=1S/C17H18N2O2/c1-3-19-11-15(13(2)18-19)12-21-16-8-6-14(7-9-16)17-5-4-10-20-17/h4-11H,3,12H2,1-2H3. The first-order chi connectivity index (χ1) is 10.3. The van der Waals surface area contributed by atoms with Crippen LogP contribution in [0.5, 0.6) is 5.75 Å². The summed E-state index contributed by atoms with van der Waals surface area (Å²) in [5.74, 6) is 1.70. The van der Waals surface area contributed by atoms with Gasteiger partial charge < -0.3 is 9.15 Å². The van der Waals surface area contributed by atoms with Crippen LogP contribution in [0.1, 0.15) is 18.2 Å². The van der Waals surface area contributed by atoms with Crippen LogP contribution in [0.2, 0.25) is 0 Å². The molecule has 21 heavy (non-hydrogen) atoms. The zero-order valence-electron chi connectivity index (χ0n) is 12.2. The lowest BCUT2D eigenvalue weighted by Gasteiger charge is -2.06. The normalized spacial score (nSPS) is 10.8. The lowest BCUT2D eigenvalue weighted by molar-refractivity contribution is 0.305. The molecule has 0 spiro atoms. The first kappa shape index (κ1) is 13.5. The SMILES string of the molecule is CCn1cc(COc2ccc(-c3ccco3)cc2)c(C)n1. The molecule has 108 valence electrons. The monoisotopic (exact) mass is 282 g/mol. The van der Waals surface area contributed by atoms with Gasteiger partial charge in [-0.25, -0.2) is 0 Å². The van der Waals surface area contributed by atoms with Crippen molar-refractivity contribution in [1.82, 2.24) is 9.78 Å². The summed E-state index contributed by atoms with van der Waals surface area (Å²) in [6.45, 7) is 5.49. The van der Waals surface area contributed by atoms with E-state index in [2.05, 4.69) is 12.0 Å². The molecule has 4 heteroatoms. The molecule has 0 atom stereocenters. The summed E-state index contributed by atoms with van der Waals surface area (Å²) in [6.07, 6.45) is 3.71. The van der Waals surface area contributed by atoms with Crippen molar-refractivity contribution in [2.45, 2.75) is 27.0 Å². The van der Waals surface area contributed by atoms with E-state index in [1.165, 1.54) is 0 Å². The second-order valence-corrected chi connectivity index (χ2v) is 4.89. The summed E-state index contributed by atoms with van der Waals surface area (Å²) in [6, 6.07) is 11.7. The van der Waals surface area contributed by atoms with Crippen LogP contribution in [0.25, 0.3) is 11.3 Å². The van der Waals surface area contributed by atoms with Crippen molar-refractivity contribution in [1.29, 1.82) is 0 Å². The van der Waals surface area contributed by atoms with Gasteiger partial charge in [0.1, 0.15) is 18.1 Å². The number of hydrogen-bond acceptors (Lipinski definition) is 3. The maximum atomic E-state index is 5.82. The van der Waals surface area contributed by atoms with Crippen molar-refractivity contribution in [3.05, 3.63) is 60.1 Å². The van der Waals surface area contributed by atoms with Crippen LogP contribution in [0.15, 0.2) is 53.3 Å². The van der Waals surface area contributed by atoms with Gasteiger partial charge in [-0.1, -0.05) is 0 Å². The van der Waals surface area contributed by atoms with Gasteiger partial charge in [0.15, 0.2) is 0 Å². The van der Waals surface area contributed by atoms with Crippen molar-refractivity contribution in [3.63, 3.8) is 0 Å². The smallest absolute Gasteiger partial charge is 0.133 e. The molecular formula is C17H18N2O2. The Morgan fingerprint density at radius 2 is 2.00 bits per heavy atom. The summed E-state index contributed by atoms with van der Waals surface area (Å²) in [5, 5.41) is 4.41. The third kappa shape index (κ3) is 2.99. The van der Waals surface area contributed by atoms with E-state index in [-0.39, 0.29) is 0 Å². The average molecular weight is 282 g/mol. The van der Waals surface area contributed by atoms with Gasteiger partial charge in [0.05, 0.1) is 12.0 Å². The van der Waals surface area contributed by atoms with Gasteiger partial charge in [-0.05, 0) is 50.2 Å². The van der Waals surface area contributed by atoms with E-state index in [0.29, 0.717) is 6.61 Å². The van der Waals surface area contributed by atoms with Crippen LogP contribution in [0.3, 0.4) is 0 Å². The minimum atomic E-state index is 0.534. The number of rotatable bonds is 5. The molecule has 0 saturated carbocycles. The third-order valence-electron chi connectivity index (χ3n) is 3.43. The van der Waals surface area contributed by atoms with Gasteiger partial charge >= 0.3 is 0 Å². The number of furan rings is 1. The highest BCUT2D eigenvalue weighted by molar-refractivity contribution is 5.58. The quantitative estimate of drug-likeness (QED) is 0.708. The van der Waals surface area contributed by atoms with Crippen LogP contribution >= 0.6 is 0 Å². The van der Waals surface area contributed by atoms with Gasteiger partial charge in [0.2, 0.25) is 0 Å². The van der Waals surface area contributed by atoms with Crippen LogP contribution in [0, 0.1) is 6.92 Å². The fraction of sp³-hybridized carbons (Fsp3) is 0.235. The minimum Gasteiger partial charge on any atom is -0.489 e. The number of ether oxygens (including phenoxy) is 1. The average Bonchev–Trinajstić information content (AvgIpc) is 3.15. The van der Waals surface area contributed by atoms with Crippen LogP contribution in [-0.2, 0) is 13.2 Å². The lowest BCUT2D eigenvalue weighted by Crippen LogP contribution is -1.95. The Bertz CT molecular complexity index is 697. The van der Waals surface area contributed by atoms with Crippen LogP contribution in [-0.4, -0.2) is 9.78 Å². The fourth-order valence-electron chi connectivity index (χ4n) is 2.18. The van der Waals surface area contributed by atoms with E-state index in [9.17, 15) is 0 Å². The molecule has 2 aromatic heterocycles. The largest absolute Gasteiger partial charge is 0.489 e. The molecule has 0 aliphatic heterocycles. The van der Waals surface area contributed by atoms with Crippen molar-refractivity contribution in [2.24, 2.45) is 0 Å². The Hall–Kier alpha value is -2.49. The van der Waals surface area contributed by atoms with E-state index >= 15 is 0 Å². The maximum Gasteiger partial charge on any atom is 0.133 e. The Morgan fingerprint density at radius 3 is 2.62 bits per heavy atom. The lowest BCUT2D eigenvalue weighted by atomic mass is 10.2. The van der Waals surface area contributed by atoms with Gasteiger partial charge in [-0.3, -0.25) is 4.68 Å². The topological polar surface area (TPSA) is 40.2 Å². The number of nitrogens with zero attached hydrogens (tertiary/aromatic N) is 2. The van der Waals surface area contributed by atoms with Gasteiger partial charge in [-0.15, -0.1) is 0 Å². The van der Waals surface area contributed by atoms with Gasteiger partial charge in [-0.2, -0.15) is 5.10 Å². The van der Waals surface area contributed by atoms with Gasteiger partial charge in [0.25, 0.3) is 0 Å². The minimum absolute atomic E-state index is 0.534. The highest BCUT2D eigenvalue weighted by atomic mass is 16.5. The molecule has 0 bridgehead atoms. The summed E-state index contributed by atoms with van der Waals surface area (Å²) in [5.41, 5.74) is 3.18. The molecule has 2 heterocycles. The summed E-state index contributed by atoms with van der Waals surface area (Å²) >= 11 is 0. The van der Waals surface area contributed by atoms with Crippen molar-refractivity contribution < 1.29 is 9.15 Å². The highest BCUT2D eigenvalue weighted by Gasteiger charge is 2.05. The number of hydrogen-bond donors (Lipinski definition) is 0. The summed E-state index contributed by atoms with van der Waals surface area (Å²) in [7, 11) is 0. The van der Waals surface area contributed by atoms with Crippen molar-refractivity contribution in [3.8, 4) is 17.1 Å². The number of benzene rings is 1. The zero-order chi connectivity index (χ0) is 14.7. The first-order valence-electron chi connectivity index (χ1n) is 7.06. The molecule has 3 aromatic rings.